The number of halogens is 1. The lowest BCUT2D eigenvalue weighted by Gasteiger charge is -2.29. The molecule has 0 saturated heterocycles. The normalized spacial score (nSPS) is 13.0. The van der Waals surface area contributed by atoms with Gasteiger partial charge in [0.25, 0.3) is 0 Å². The maximum absolute atomic E-state index is 13.3. The number of nitrogens with two attached hydrogens (primary N) is 1. The van der Waals surface area contributed by atoms with Crippen LogP contribution in [0.2, 0.25) is 0 Å². The molecule has 0 aliphatic carbocycles. The first-order chi connectivity index (χ1) is 9.01. The van der Waals surface area contributed by atoms with Gasteiger partial charge in [0.05, 0.1) is 4.90 Å². The average molecular weight is 302 g/mol. The summed E-state index contributed by atoms with van der Waals surface area (Å²) in [6.45, 7) is 7.71. The van der Waals surface area contributed by atoms with Crippen molar-refractivity contribution < 1.29 is 12.8 Å². The third kappa shape index (κ3) is 3.56. The molecule has 0 saturated carbocycles. The Bertz CT molecular complexity index is 574. The fourth-order valence-corrected chi connectivity index (χ4v) is 3.98. The first-order valence-electron chi connectivity index (χ1n) is 6.44. The highest BCUT2D eigenvalue weighted by Crippen LogP contribution is 2.26. The average Bonchev–Trinajstić information content (AvgIpc) is 2.26. The van der Waals surface area contributed by atoms with E-state index in [1.54, 1.807) is 13.8 Å². The zero-order chi connectivity index (χ0) is 15.7. The van der Waals surface area contributed by atoms with Crippen molar-refractivity contribution in [1.29, 1.82) is 0 Å². The van der Waals surface area contributed by atoms with E-state index >= 15 is 0 Å². The molecule has 114 valence electrons. The smallest absolute Gasteiger partial charge is 0.243 e. The number of hydrogen-bond acceptors (Lipinski definition) is 3. The molecule has 0 fully saturated rings. The van der Waals surface area contributed by atoms with E-state index in [9.17, 15) is 12.8 Å². The number of benzene rings is 1. The second-order valence-electron chi connectivity index (χ2n) is 6.00. The fraction of sp³-hybridized carbons (Fsp3) is 0.571. The van der Waals surface area contributed by atoms with Gasteiger partial charge in [0.1, 0.15) is 5.82 Å². The van der Waals surface area contributed by atoms with Crippen molar-refractivity contribution in [3.8, 4) is 0 Å². The third-order valence-electron chi connectivity index (χ3n) is 3.30. The molecule has 4 nitrogen and oxygen atoms in total. The lowest BCUT2D eigenvalue weighted by atomic mass is 9.94. The minimum atomic E-state index is -3.65. The summed E-state index contributed by atoms with van der Waals surface area (Å²) in [7, 11) is -2.13. The SMILES string of the molecule is Cc1cc(F)cc(C)c1S(=O)(=O)N(C)CC(C)(C)CN. The van der Waals surface area contributed by atoms with Gasteiger partial charge in [0, 0.05) is 13.6 Å². The number of rotatable bonds is 5. The van der Waals surface area contributed by atoms with Crippen molar-refractivity contribution in [2.24, 2.45) is 11.1 Å². The molecule has 0 aliphatic heterocycles. The Labute approximate surface area is 120 Å². The molecular formula is C14H23FN2O2S. The Morgan fingerprint density at radius 1 is 1.25 bits per heavy atom. The molecule has 1 aromatic carbocycles. The predicted octanol–water partition coefficient (Wildman–Crippen LogP) is 2.05. The minimum Gasteiger partial charge on any atom is -0.330 e. The molecule has 0 radical (unpaired) electrons. The Kier molecular flexibility index (Phi) is 4.94. The van der Waals surface area contributed by atoms with Crippen molar-refractivity contribution >= 4 is 10.0 Å². The molecule has 2 N–H and O–H groups in total. The highest BCUT2D eigenvalue weighted by molar-refractivity contribution is 7.89. The van der Waals surface area contributed by atoms with Crippen molar-refractivity contribution in [3.05, 3.63) is 29.1 Å². The number of hydrogen-bond donors (Lipinski definition) is 1. The molecule has 0 aliphatic rings. The van der Waals surface area contributed by atoms with Crippen molar-refractivity contribution in [3.63, 3.8) is 0 Å². The van der Waals surface area contributed by atoms with E-state index < -0.39 is 15.8 Å². The Morgan fingerprint density at radius 2 is 1.70 bits per heavy atom. The molecule has 1 rings (SSSR count). The van der Waals surface area contributed by atoms with Gasteiger partial charge in [0.15, 0.2) is 0 Å². The molecule has 0 atom stereocenters. The van der Waals surface area contributed by atoms with Gasteiger partial charge < -0.3 is 5.73 Å². The van der Waals surface area contributed by atoms with Crippen LogP contribution in [0.1, 0.15) is 25.0 Å². The summed E-state index contributed by atoms with van der Waals surface area (Å²) in [5.74, 6) is -0.427. The van der Waals surface area contributed by atoms with Crippen molar-refractivity contribution in [2.45, 2.75) is 32.6 Å². The molecular weight excluding hydrogens is 279 g/mol. The second kappa shape index (κ2) is 5.79. The molecule has 0 aromatic heterocycles. The molecule has 0 unspecified atom stereocenters. The van der Waals surface area contributed by atoms with Crippen LogP contribution >= 0.6 is 0 Å². The summed E-state index contributed by atoms with van der Waals surface area (Å²) >= 11 is 0. The summed E-state index contributed by atoms with van der Waals surface area (Å²) in [6.07, 6.45) is 0. The fourth-order valence-electron chi connectivity index (χ4n) is 2.21. The Morgan fingerprint density at radius 3 is 2.10 bits per heavy atom. The summed E-state index contributed by atoms with van der Waals surface area (Å²) in [4.78, 5) is 0.175. The van der Waals surface area contributed by atoms with E-state index in [0.717, 1.165) is 0 Å². The molecule has 0 spiro atoms. The Balaban J connectivity index is 3.24. The maximum atomic E-state index is 13.3. The van der Waals surface area contributed by atoms with Gasteiger partial charge >= 0.3 is 0 Å². The lowest BCUT2D eigenvalue weighted by Crippen LogP contribution is -2.40. The van der Waals surface area contributed by atoms with Crippen LogP contribution in [0.25, 0.3) is 0 Å². The molecule has 20 heavy (non-hydrogen) atoms. The topological polar surface area (TPSA) is 63.4 Å². The zero-order valence-electron chi connectivity index (χ0n) is 12.7. The standard InChI is InChI=1S/C14H23FN2O2S/c1-10-6-12(15)7-11(2)13(10)20(18,19)17(5)9-14(3,4)8-16/h6-7H,8-9,16H2,1-5H3. The van der Waals surface area contributed by atoms with Gasteiger partial charge in [-0.3, -0.25) is 0 Å². The van der Waals surface area contributed by atoms with Crippen LogP contribution in [0, 0.1) is 25.1 Å². The van der Waals surface area contributed by atoms with Crippen LogP contribution in [-0.4, -0.2) is 32.9 Å². The van der Waals surface area contributed by atoms with Gasteiger partial charge in [-0.1, -0.05) is 13.8 Å². The highest BCUT2D eigenvalue weighted by Gasteiger charge is 2.29. The third-order valence-corrected chi connectivity index (χ3v) is 5.41. The lowest BCUT2D eigenvalue weighted by molar-refractivity contribution is 0.291. The van der Waals surface area contributed by atoms with Crippen LogP contribution in [0.3, 0.4) is 0 Å². The zero-order valence-corrected chi connectivity index (χ0v) is 13.5. The quantitative estimate of drug-likeness (QED) is 0.905. The van der Waals surface area contributed by atoms with E-state index in [-0.39, 0.29) is 10.3 Å². The number of nitrogens with zero attached hydrogens (tertiary/aromatic N) is 1. The van der Waals surface area contributed by atoms with E-state index in [1.165, 1.54) is 23.5 Å². The summed E-state index contributed by atoms with van der Waals surface area (Å²) in [5, 5.41) is 0. The van der Waals surface area contributed by atoms with Crippen molar-refractivity contribution in [2.75, 3.05) is 20.1 Å². The molecule has 0 bridgehead atoms. The maximum Gasteiger partial charge on any atom is 0.243 e. The Hall–Kier alpha value is -0.980. The van der Waals surface area contributed by atoms with Gasteiger partial charge in [0.2, 0.25) is 10.0 Å². The van der Waals surface area contributed by atoms with E-state index in [2.05, 4.69) is 0 Å². The molecule has 1 aromatic rings. The van der Waals surface area contributed by atoms with Crippen LogP contribution < -0.4 is 5.73 Å². The van der Waals surface area contributed by atoms with E-state index in [0.29, 0.717) is 24.2 Å². The first kappa shape index (κ1) is 17.1. The minimum absolute atomic E-state index is 0.175. The summed E-state index contributed by atoms with van der Waals surface area (Å²) in [5.41, 5.74) is 6.16. The highest BCUT2D eigenvalue weighted by atomic mass is 32.2. The van der Waals surface area contributed by atoms with Crippen molar-refractivity contribution in [1.82, 2.24) is 4.31 Å². The van der Waals surface area contributed by atoms with Gasteiger partial charge in [-0.2, -0.15) is 0 Å². The summed E-state index contributed by atoms with van der Waals surface area (Å²) < 4.78 is 39.9. The van der Waals surface area contributed by atoms with Gasteiger partial charge in [-0.05, 0) is 49.1 Å². The van der Waals surface area contributed by atoms with E-state index in [4.69, 9.17) is 5.73 Å². The van der Waals surface area contributed by atoms with E-state index in [1.807, 2.05) is 13.8 Å². The van der Waals surface area contributed by atoms with Crippen LogP contribution in [-0.2, 0) is 10.0 Å². The van der Waals surface area contributed by atoms with Crippen LogP contribution in [0.4, 0.5) is 4.39 Å². The monoisotopic (exact) mass is 302 g/mol. The summed E-state index contributed by atoms with van der Waals surface area (Å²) in [6, 6.07) is 2.48. The van der Waals surface area contributed by atoms with Crippen LogP contribution in [0.5, 0.6) is 0 Å². The predicted molar refractivity (Wildman–Crippen MR) is 78.5 cm³/mol. The largest absolute Gasteiger partial charge is 0.330 e. The molecule has 0 amide bonds. The molecule has 6 heteroatoms. The number of sulfonamides is 1. The second-order valence-corrected chi connectivity index (χ2v) is 7.98. The van der Waals surface area contributed by atoms with Gasteiger partial charge in [-0.15, -0.1) is 0 Å². The molecule has 0 heterocycles. The van der Waals surface area contributed by atoms with Gasteiger partial charge in [-0.25, -0.2) is 17.1 Å². The van der Waals surface area contributed by atoms with Crippen LogP contribution in [0.15, 0.2) is 17.0 Å². The first-order valence-corrected chi connectivity index (χ1v) is 7.88. The number of aryl methyl sites for hydroxylation is 2.